The third-order valence-electron chi connectivity index (χ3n) is 4.03. The van der Waals surface area contributed by atoms with E-state index in [1.807, 2.05) is 30.3 Å². The number of hydrogen-bond donors (Lipinski definition) is 0. The quantitative estimate of drug-likeness (QED) is 0.498. The van der Waals surface area contributed by atoms with Crippen LogP contribution in [0.5, 0.6) is 17.2 Å². The molecule has 2 heterocycles. The largest absolute Gasteiger partial charge is 0.496 e. The summed E-state index contributed by atoms with van der Waals surface area (Å²) in [4.78, 5) is 0.673. The van der Waals surface area contributed by atoms with E-state index in [4.69, 9.17) is 25.8 Å². The van der Waals surface area contributed by atoms with Gasteiger partial charge in [0.2, 0.25) is 4.96 Å². The van der Waals surface area contributed by atoms with Gasteiger partial charge in [0.05, 0.1) is 26.9 Å². The molecule has 4 rings (SSSR count). The number of ether oxygens (including phenoxy) is 3. The zero-order valence-corrected chi connectivity index (χ0v) is 16.3. The molecule has 138 valence electrons. The Kier molecular flexibility index (Phi) is 4.59. The summed E-state index contributed by atoms with van der Waals surface area (Å²) in [6.07, 6.45) is 0. The maximum absolute atomic E-state index is 5.97. The summed E-state index contributed by atoms with van der Waals surface area (Å²) in [6.45, 7) is 0. The van der Waals surface area contributed by atoms with Crippen LogP contribution in [0.25, 0.3) is 26.9 Å². The van der Waals surface area contributed by atoms with E-state index in [1.165, 1.54) is 11.3 Å². The SMILES string of the molecule is COc1cc(OC)c(-c2nn3c(-c4ccc(Cl)cc4)nnc3s2)cc1OC. The predicted molar refractivity (Wildman–Crippen MR) is 104 cm³/mol. The highest BCUT2D eigenvalue weighted by atomic mass is 35.5. The predicted octanol–water partition coefficient (Wildman–Crippen LogP) is 4.20. The lowest BCUT2D eigenvalue weighted by molar-refractivity contribution is 0.349. The van der Waals surface area contributed by atoms with Crippen LogP contribution in [-0.2, 0) is 0 Å². The lowest BCUT2D eigenvalue weighted by atomic mass is 10.2. The minimum atomic E-state index is 0.586. The molecule has 0 bridgehead atoms. The van der Waals surface area contributed by atoms with E-state index >= 15 is 0 Å². The average molecular weight is 403 g/mol. The molecule has 0 spiro atoms. The second kappa shape index (κ2) is 7.05. The Balaban J connectivity index is 1.85. The fraction of sp³-hybridized carbons (Fsp3) is 0.167. The first-order valence-corrected chi connectivity index (χ1v) is 9.12. The van der Waals surface area contributed by atoms with Gasteiger partial charge in [0.25, 0.3) is 0 Å². The van der Waals surface area contributed by atoms with Gasteiger partial charge in [-0.2, -0.15) is 9.61 Å². The van der Waals surface area contributed by atoms with E-state index in [0.717, 1.165) is 16.1 Å². The van der Waals surface area contributed by atoms with Crippen LogP contribution >= 0.6 is 22.9 Å². The Morgan fingerprint density at radius 2 is 1.56 bits per heavy atom. The molecule has 2 aromatic carbocycles. The van der Waals surface area contributed by atoms with Gasteiger partial charge < -0.3 is 14.2 Å². The zero-order chi connectivity index (χ0) is 19.0. The van der Waals surface area contributed by atoms with Crippen molar-refractivity contribution in [1.29, 1.82) is 0 Å². The molecular weight excluding hydrogens is 388 g/mol. The summed E-state index contributed by atoms with van der Waals surface area (Å²) in [5.74, 6) is 2.45. The van der Waals surface area contributed by atoms with Crippen LogP contribution in [0.2, 0.25) is 5.02 Å². The number of aromatic nitrogens is 4. The van der Waals surface area contributed by atoms with Crippen LogP contribution < -0.4 is 14.2 Å². The number of benzene rings is 2. The van der Waals surface area contributed by atoms with Crippen molar-refractivity contribution in [2.75, 3.05) is 21.3 Å². The minimum Gasteiger partial charge on any atom is -0.496 e. The van der Waals surface area contributed by atoms with E-state index < -0.39 is 0 Å². The van der Waals surface area contributed by atoms with Crippen molar-refractivity contribution in [2.24, 2.45) is 0 Å². The molecule has 0 fully saturated rings. The first-order valence-electron chi connectivity index (χ1n) is 7.93. The zero-order valence-electron chi connectivity index (χ0n) is 14.8. The maximum Gasteiger partial charge on any atom is 0.235 e. The number of fused-ring (bicyclic) bond motifs is 1. The van der Waals surface area contributed by atoms with E-state index in [0.29, 0.717) is 33.1 Å². The molecule has 0 aliphatic carbocycles. The standard InChI is InChI=1S/C18H15ClN4O3S/c1-24-13-9-15(26-3)14(25-2)8-12(13)17-22-23-16(20-21-18(23)27-17)10-4-6-11(19)7-5-10/h4-9H,1-3H3. The highest BCUT2D eigenvalue weighted by molar-refractivity contribution is 7.19. The summed E-state index contributed by atoms with van der Waals surface area (Å²) in [6, 6.07) is 11.0. The molecule has 2 aromatic heterocycles. The Morgan fingerprint density at radius 3 is 2.22 bits per heavy atom. The molecule has 9 heteroatoms. The first-order chi connectivity index (χ1) is 13.1. The van der Waals surface area contributed by atoms with Crippen LogP contribution in [0, 0.1) is 0 Å². The van der Waals surface area contributed by atoms with Crippen molar-refractivity contribution in [1.82, 2.24) is 19.8 Å². The van der Waals surface area contributed by atoms with Gasteiger partial charge in [0.1, 0.15) is 5.75 Å². The molecule has 4 aromatic rings. The van der Waals surface area contributed by atoms with Crippen molar-refractivity contribution in [2.45, 2.75) is 0 Å². The fourth-order valence-electron chi connectivity index (χ4n) is 2.70. The monoisotopic (exact) mass is 402 g/mol. The molecule has 27 heavy (non-hydrogen) atoms. The number of hydrogen-bond acceptors (Lipinski definition) is 7. The highest BCUT2D eigenvalue weighted by Gasteiger charge is 2.19. The number of methoxy groups -OCH3 is 3. The van der Waals surface area contributed by atoms with Crippen LogP contribution in [0.1, 0.15) is 0 Å². The van der Waals surface area contributed by atoms with Crippen LogP contribution in [0.15, 0.2) is 36.4 Å². The summed E-state index contributed by atoms with van der Waals surface area (Å²) in [5.41, 5.74) is 1.66. The van der Waals surface area contributed by atoms with Gasteiger partial charge in [-0.1, -0.05) is 22.9 Å². The topological polar surface area (TPSA) is 70.8 Å². The Labute approximate surface area is 164 Å². The molecule has 0 atom stereocenters. The molecule has 0 saturated heterocycles. The lowest BCUT2D eigenvalue weighted by Gasteiger charge is -2.12. The van der Waals surface area contributed by atoms with Crippen molar-refractivity contribution in [3.05, 3.63) is 41.4 Å². The first kappa shape index (κ1) is 17.6. The van der Waals surface area contributed by atoms with Gasteiger partial charge in [0.15, 0.2) is 22.3 Å². The van der Waals surface area contributed by atoms with Crippen molar-refractivity contribution < 1.29 is 14.2 Å². The van der Waals surface area contributed by atoms with Gasteiger partial charge >= 0.3 is 0 Å². The van der Waals surface area contributed by atoms with Gasteiger partial charge in [-0.3, -0.25) is 0 Å². The van der Waals surface area contributed by atoms with Crippen LogP contribution in [-0.4, -0.2) is 41.1 Å². The average Bonchev–Trinajstić information content (AvgIpc) is 3.28. The second-order valence-corrected chi connectivity index (χ2v) is 6.93. The number of nitrogens with zero attached hydrogens (tertiary/aromatic N) is 4. The number of rotatable bonds is 5. The Morgan fingerprint density at radius 1 is 0.889 bits per heavy atom. The lowest BCUT2D eigenvalue weighted by Crippen LogP contribution is -1.95. The third kappa shape index (κ3) is 3.07. The van der Waals surface area contributed by atoms with Crippen LogP contribution in [0.3, 0.4) is 0 Å². The van der Waals surface area contributed by atoms with Gasteiger partial charge in [-0.25, -0.2) is 0 Å². The summed E-state index contributed by atoms with van der Waals surface area (Å²) in [5, 5.41) is 14.5. The van der Waals surface area contributed by atoms with Crippen molar-refractivity contribution in [3.8, 4) is 39.2 Å². The maximum atomic E-state index is 5.97. The molecule has 7 nitrogen and oxygen atoms in total. The van der Waals surface area contributed by atoms with E-state index in [2.05, 4.69) is 15.3 Å². The summed E-state index contributed by atoms with van der Waals surface area (Å²) < 4.78 is 18.0. The number of halogens is 1. The molecule has 0 unspecified atom stereocenters. The second-order valence-electron chi connectivity index (χ2n) is 5.54. The smallest absolute Gasteiger partial charge is 0.235 e. The Bertz CT molecular complexity index is 1110. The molecule has 0 N–H and O–H groups in total. The molecule has 0 aliphatic heterocycles. The van der Waals surface area contributed by atoms with E-state index in [9.17, 15) is 0 Å². The molecular formula is C18H15ClN4O3S. The molecule has 0 amide bonds. The third-order valence-corrected chi connectivity index (χ3v) is 5.21. The van der Waals surface area contributed by atoms with E-state index in [-0.39, 0.29) is 0 Å². The summed E-state index contributed by atoms with van der Waals surface area (Å²) in [7, 11) is 4.77. The minimum absolute atomic E-state index is 0.586. The molecule has 0 radical (unpaired) electrons. The van der Waals surface area contributed by atoms with E-state index in [1.54, 1.807) is 31.9 Å². The van der Waals surface area contributed by atoms with Gasteiger partial charge in [-0.15, -0.1) is 10.2 Å². The van der Waals surface area contributed by atoms with Crippen molar-refractivity contribution >= 4 is 27.9 Å². The Hall–Kier alpha value is -2.84. The van der Waals surface area contributed by atoms with Crippen molar-refractivity contribution in [3.63, 3.8) is 0 Å². The normalized spacial score (nSPS) is 11.0. The highest BCUT2D eigenvalue weighted by Crippen LogP contribution is 2.41. The summed E-state index contributed by atoms with van der Waals surface area (Å²) >= 11 is 7.38. The molecule has 0 saturated carbocycles. The van der Waals surface area contributed by atoms with Crippen LogP contribution in [0.4, 0.5) is 0 Å². The molecule has 0 aliphatic rings. The van der Waals surface area contributed by atoms with Gasteiger partial charge in [-0.05, 0) is 30.3 Å². The fourth-order valence-corrected chi connectivity index (χ4v) is 3.69. The van der Waals surface area contributed by atoms with Gasteiger partial charge in [0, 0.05) is 16.7 Å².